The molecule has 3 rings (SSSR count). The predicted molar refractivity (Wildman–Crippen MR) is 102 cm³/mol. The van der Waals surface area contributed by atoms with E-state index in [1.807, 2.05) is 25.1 Å². The van der Waals surface area contributed by atoms with Crippen molar-refractivity contribution >= 4 is 23.3 Å². The number of rotatable bonds is 5. The summed E-state index contributed by atoms with van der Waals surface area (Å²) in [5, 5.41) is 9.19. The van der Waals surface area contributed by atoms with E-state index in [1.54, 1.807) is 12.0 Å². The summed E-state index contributed by atoms with van der Waals surface area (Å²) in [7, 11) is 1.64. The Labute approximate surface area is 154 Å². The number of benzene rings is 1. The number of nitrogens with one attached hydrogen (secondary N) is 3. The average molecular weight is 360 g/mol. The Hall–Kier alpha value is -2.12. The van der Waals surface area contributed by atoms with Crippen LogP contribution in [0.15, 0.2) is 18.2 Å². The van der Waals surface area contributed by atoms with Gasteiger partial charge in [-0.2, -0.15) is 0 Å². The van der Waals surface area contributed by atoms with Crippen molar-refractivity contribution in [3.05, 3.63) is 23.8 Å². The first-order valence-electron chi connectivity index (χ1n) is 9.29. The van der Waals surface area contributed by atoms with E-state index in [0.29, 0.717) is 19.7 Å². The number of ether oxygens (including phenoxy) is 1. The van der Waals surface area contributed by atoms with Gasteiger partial charge in [0.2, 0.25) is 5.91 Å². The Morgan fingerprint density at radius 2 is 2.08 bits per heavy atom. The highest BCUT2D eigenvalue weighted by Crippen LogP contribution is 2.34. The zero-order valence-electron chi connectivity index (χ0n) is 15.6. The molecule has 2 aliphatic rings. The van der Waals surface area contributed by atoms with Gasteiger partial charge in [-0.3, -0.25) is 9.69 Å². The summed E-state index contributed by atoms with van der Waals surface area (Å²) >= 11 is 0. The first-order valence-corrected chi connectivity index (χ1v) is 9.29. The molecule has 0 bridgehead atoms. The van der Waals surface area contributed by atoms with Crippen molar-refractivity contribution in [1.29, 1.82) is 0 Å². The number of methoxy groups -OCH3 is 1. The summed E-state index contributed by atoms with van der Waals surface area (Å²) in [5.74, 6) is -0.0108. The molecule has 1 saturated heterocycles. The molecule has 7 heteroatoms. The topological polar surface area (TPSA) is 82.7 Å². The van der Waals surface area contributed by atoms with Gasteiger partial charge in [-0.25, -0.2) is 4.79 Å². The minimum Gasteiger partial charge on any atom is -0.384 e. The Balaban J connectivity index is 1.77. The molecule has 0 aliphatic carbocycles. The van der Waals surface area contributed by atoms with Gasteiger partial charge in [0.25, 0.3) is 0 Å². The molecule has 1 aromatic carbocycles. The molecule has 1 fully saturated rings. The number of carbonyl (C=O) groups excluding carboxylic acids is 2. The minimum atomic E-state index is -0.502. The molecule has 0 aromatic heterocycles. The van der Waals surface area contributed by atoms with E-state index in [4.69, 9.17) is 4.74 Å². The number of anilines is 2. The van der Waals surface area contributed by atoms with Gasteiger partial charge < -0.3 is 20.7 Å². The van der Waals surface area contributed by atoms with Gasteiger partial charge in [-0.05, 0) is 57.0 Å². The summed E-state index contributed by atoms with van der Waals surface area (Å²) in [6.45, 7) is 5.20. The minimum absolute atomic E-state index is 0.0108. The number of carbonyl (C=O) groups is 2. The van der Waals surface area contributed by atoms with Gasteiger partial charge in [0.05, 0.1) is 17.7 Å². The smallest absolute Gasteiger partial charge is 0.321 e. The first-order chi connectivity index (χ1) is 12.6. The van der Waals surface area contributed by atoms with Crippen LogP contribution in [-0.2, 0) is 16.0 Å². The third-order valence-electron chi connectivity index (χ3n) is 5.27. The fourth-order valence-corrected chi connectivity index (χ4v) is 3.80. The molecule has 3 amide bonds. The molecular formula is C19H28N4O3. The summed E-state index contributed by atoms with van der Waals surface area (Å²) in [4.78, 5) is 27.0. The molecular weight excluding hydrogens is 332 g/mol. The second-order valence-electron chi connectivity index (χ2n) is 7.00. The Kier molecular flexibility index (Phi) is 5.78. The van der Waals surface area contributed by atoms with Crippen LogP contribution in [0.4, 0.5) is 16.2 Å². The zero-order valence-corrected chi connectivity index (χ0v) is 15.6. The third kappa shape index (κ3) is 3.68. The predicted octanol–water partition coefficient (Wildman–Crippen LogP) is 1.73. The van der Waals surface area contributed by atoms with Crippen LogP contribution in [0.1, 0.15) is 25.3 Å². The van der Waals surface area contributed by atoms with Crippen molar-refractivity contribution in [2.75, 3.05) is 50.1 Å². The molecule has 142 valence electrons. The van der Waals surface area contributed by atoms with Gasteiger partial charge in [0.1, 0.15) is 0 Å². The molecule has 1 aromatic rings. The highest BCUT2D eigenvalue weighted by atomic mass is 16.5. The van der Waals surface area contributed by atoms with Crippen LogP contribution in [0.25, 0.3) is 0 Å². The van der Waals surface area contributed by atoms with Gasteiger partial charge in [-0.15, -0.1) is 0 Å². The standard InChI is InChI=1S/C19H28N4O3/c1-3-21-18(25)23-11-6-14-4-5-15(12-16(14)23)22-17(24)19(13-26-2)7-9-20-10-8-19/h4-5,12,20H,3,6-11,13H2,1-2H3,(H,21,25)(H,22,24). The van der Waals surface area contributed by atoms with Crippen LogP contribution in [0.2, 0.25) is 0 Å². The maximum Gasteiger partial charge on any atom is 0.321 e. The maximum absolute atomic E-state index is 13.0. The monoisotopic (exact) mass is 360 g/mol. The van der Waals surface area contributed by atoms with Crippen molar-refractivity contribution in [1.82, 2.24) is 10.6 Å². The SMILES string of the molecule is CCNC(=O)N1CCc2ccc(NC(=O)C3(COC)CCNCC3)cc21. The van der Waals surface area contributed by atoms with E-state index in [9.17, 15) is 9.59 Å². The molecule has 2 heterocycles. The molecule has 0 atom stereocenters. The molecule has 2 aliphatic heterocycles. The van der Waals surface area contributed by atoms with Gasteiger partial charge in [0, 0.05) is 25.9 Å². The maximum atomic E-state index is 13.0. The zero-order chi connectivity index (χ0) is 18.6. The number of amides is 3. The van der Waals surface area contributed by atoms with Crippen LogP contribution in [0, 0.1) is 5.41 Å². The second-order valence-corrected chi connectivity index (χ2v) is 7.00. The Morgan fingerprint density at radius 1 is 1.31 bits per heavy atom. The number of fused-ring (bicyclic) bond motifs is 1. The van der Waals surface area contributed by atoms with Crippen LogP contribution < -0.4 is 20.9 Å². The van der Waals surface area contributed by atoms with Crippen molar-refractivity contribution in [3.63, 3.8) is 0 Å². The lowest BCUT2D eigenvalue weighted by Gasteiger charge is -2.35. The van der Waals surface area contributed by atoms with Crippen molar-refractivity contribution in [2.24, 2.45) is 5.41 Å². The van der Waals surface area contributed by atoms with E-state index < -0.39 is 5.41 Å². The number of hydrogen-bond acceptors (Lipinski definition) is 4. The Morgan fingerprint density at radius 3 is 2.77 bits per heavy atom. The summed E-state index contributed by atoms with van der Waals surface area (Å²) in [6.07, 6.45) is 2.34. The fourth-order valence-electron chi connectivity index (χ4n) is 3.80. The van der Waals surface area contributed by atoms with E-state index in [2.05, 4.69) is 16.0 Å². The van der Waals surface area contributed by atoms with Crippen molar-refractivity contribution < 1.29 is 14.3 Å². The molecule has 0 unspecified atom stereocenters. The van der Waals surface area contributed by atoms with E-state index in [1.165, 1.54) is 0 Å². The second kappa shape index (κ2) is 8.05. The largest absolute Gasteiger partial charge is 0.384 e. The molecule has 3 N–H and O–H groups in total. The van der Waals surface area contributed by atoms with E-state index >= 15 is 0 Å². The van der Waals surface area contributed by atoms with Crippen LogP contribution in [0.3, 0.4) is 0 Å². The fraction of sp³-hybridized carbons (Fsp3) is 0.579. The van der Waals surface area contributed by atoms with Crippen molar-refractivity contribution in [2.45, 2.75) is 26.2 Å². The van der Waals surface area contributed by atoms with Crippen LogP contribution in [0.5, 0.6) is 0 Å². The number of nitrogens with zero attached hydrogens (tertiary/aromatic N) is 1. The van der Waals surface area contributed by atoms with Gasteiger partial charge in [-0.1, -0.05) is 6.07 Å². The number of hydrogen-bond donors (Lipinski definition) is 3. The lowest BCUT2D eigenvalue weighted by atomic mass is 9.78. The molecule has 7 nitrogen and oxygen atoms in total. The summed E-state index contributed by atoms with van der Waals surface area (Å²) in [5.41, 5.74) is 2.22. The van der Waals surface area contributed by atoms with Gasteiger partial charge in [0.15, 0.2) is 0 Å². The average Bonchev–Trinajstić information content (AvgIpc) is 3.06. The molecule has 0 radical (unpaired) electrons. The Bertz CT molecular complexity index is 665. The highest BCUT2D eigenvalue weighted by Gasteiger charge is 2.39. The molecule has 26 heavy (non-hydrogen) atoms. The lowest BCUT2D eigenvalue weighted by Crippen LogP contribution is -2.47. The molecule has 0 spiro atoms. The van der Waals surface area contributed by atoms with Gasteiger partial charge >= 0.3 is 6.03 Å². The summed E-state index contributed by atoms with van der Waals surface area (Å²) < 4.78 is 5.34. The van der Waals surface area contributed by atoms with Crippen molar-refractivity contribution in [3.8, 4) is 0 Å². The highest BCUT2D eigenvalue weighted by molar-refractivity contribution is 5.98. The normalized spacial score (nSPS) is 18.3. The van der Waals surface area contributed by atoms with E-state index in [0.717, 1.165) is 49.3 Å². The van der Waals surface area contributed by atoms with Crippen LogP contribution >= 0.6 is 0 Å². The summed E-state index contributed by atoms with van der Waals surface area (Å²) in [6, 6.07) is 5.72. The lowest BCUT2D eigenvalue weighted by molar-refractivity contribution is -0.130. The van der Waals surface area contributed by atoms with E-state index in [-0.39, 0.29) is 11.9 Å². The first kappa shape index (κ1) is 18.7. The molecule has 0 saturated carbocycles. The number of piperidine rings is 1. The quantitative estimate of drug-likeness (QED) is 0.747. The number of urea groups is 1. The third-order valence-corrected chi connectivity index (χ3v) is 5.27. The van der Waals surface area contributed by atoms with Crippen LogP contribution in [-0.4, -0.2) is 51.8 Å².